The molecule has 0 aliphatic rings. The van der Waals surface area contributed by atoms with Crippen LogP contribution in [0.2, 0.25) is 0 Å². The molecular weight excluding hydrogens is 402 g/mol. The highest BCUT2D eigenvalue weighted by molar-refractivity contribution is 9.10. The topological polar surface area (TPSA) is 89.0 Å². The summed E-state index contributed by atoms with van der Waals surface area (Å²) in [5.74, 6) is 0.117. The molecule has 2 amide bonds. The summed E-state index contributed by atoms with van der Waals surface area (Å²) < 4.78 is 11.2. The number of rotatable bonds is 7. The Morgan fingerprint density at radius 3 is 2.54 bits per heavy atom. The normalized spacial score (nSPS) is 10.4. The molecule has 0 aromatic heterocycles. The van der Waals surface area contributed by atoms with Gasteiger partial charge in [-0.1, -0.05) is 28.1 Å². The molecule has 0 spiro atoms. The number of anilines is 1. The fourth-order valence-corrected chi connectivity index (χ4v) is 2.49. The van der Waals surface area contributed by atoms with Crippen molar-refractivity contribution in [3.8, 4) is 11.5 Å². The van der Waals surface area contributed by atoms with E-state index in [1.807, 2.05) is 6.07 Å². The van der Waals surface area contributed by atoms with Crippen LogP contribution in [0.25, 0.3) is 0 Å². The first-order chi connectivity index (χ1) is 12.5. The van der Waals surface area contributed by atoms with E-state index in [-0.39, 0.29) is 6.42 Å². The maximum absolute atomic E-state index is 12.0. The highest BCUT2D eigenvalue weighted by Gasteiger charge is 2.11. The maximum atomic E-state index is 12.0. The van der Waals surface area contributed by atoms with Crippen molar-refractivity contribution < 1.29 is 19.1 Å². The van der Waals surface area contributed by atoms with E-state index in [1.165, 1.54) is 13.3 Å². The minimum absolute atomic E-state index is 0.370. The molecule has 0 atom stereocenters. The molecule has 0 unspecified atom stereocenters. The van der Waals surface area contributed by atoms with E-state index < -0.39 is 11.8 Å². The number of nitrogens with zero attached hydrogens (tertiary/aromatic N) is 1. The average molecular weight is 420 g/mol. The fourth-order valence-electron chi connectivity index (χ4n) is 2.11. The van der Waals surface area contributed by atoms with Crippen LogP contribution >= 0.6 is 15.9 Å². The minimum atomic E-state index is -0.539. The van der Waals surface area contributed by atoms with Crippen LogP contribution in [0.15, 0.2) is 52.0 Å². The van der Waals surface area contributed by atoms with Crippen LogP contribution in [0.1, 0.15) is 12.0 Å². The second-order valence-electron chi connectivity index (χ2n) is 5.10. The largest absolute Gasteiger partial charge is 0.496 e. The molecule has 2 rings (SSSR count). The lowest BCUT2D eigenvalue weighted by molar-refractivity contribution is -0.126. The molecule has 0 bridgehead atoms. The van der Waals surface area contributed by atoms with Gasteiger partial charge in [0.15, 0.2) is 0 Å². The Kier molecular flexibility index (Phi) is 7.16. The molecule has 26 heavy (non-hydrogen) atoms. The van der Waals surface area contributed by atoms with E-state index in [1.54, 1.807) is 43.5 Å². The summed E-state index contributed by atoms with van der Waals surface area (Å²) in [5, 5.41) is 6.48. The third-order valence-corrected chi connectivity index (χ3v) is 3.78. The Hall–Kier alpha value is -2.87. The maximum Gasteiger partial charge on any atom is 0.249 e. The van der Waals surface area contributed by atoms with Crippen LogP contribution in [-0.2, 0) is 9.59 Å². The molecule has 0 heterocycles. The number of hydrogen-bond donors (Lipinski definition) is 2. The van der Waals surface area contributed by atoms with Crippen LogP contribution in [0.4, 0.5) is 5.69 Å². The first-order valence-electron chi connectivity index (χ1n) is 7.61. The van der Waals surface area contributed by atoms with Crippen molar-refractivity contribution >= 4 is 39.6 Å². The van der Waals surface area contributed by atoms with Crippen molar-refractivity contribution in [2.75, 3.05) is 19.5 Å². The van der Waals surface area contributed by atoms with Crippen molar-refractivity contribution in [2.45, 2.75) is 6.42 Å². The number of amides is 2. The minimum Gasteiger partial charge on any atom is -0.496 e. The molecule has 0 aliphatic carbocycles. The van der Waals surface area contributed by atoms with Gasteiger partial charge in [0.2, 0.25) is 11.8 Å². The van der Waals surface area contributed by atoms with Gasteiger partial charge in [-0.2, -0.15) is 5.10 Å². The lowest BCUT2D eigenvalue weighted by atomic mass is 10.2. The van der Waals surface area contributed by atoms with Crippen LogP contribution in [0.5, 0.6) is 11.5 Å². The van der Waals surface area contributed by atoms with Crippen molar-refractivity contribution in [3.05, 3.63) is 52.5 Å². The lowest BCUT2D eigenvalue weighted by Gasteiger charge is -2.09. The van der Waals surface area contributed by atoms with Gasteiger partial charge in [-0.05, 0) is 30.3 Å². The predicted octanol–water partition coefficient (Wildman–Crippen LogP) is 2.95. The van der Waals surface area contributed by atoms with E-state index in [9.17, 15) is 9.59 Å². The second kappa shape index (κ2) is 9.57. The number of nitrogens with one attached hydrogen (secondary N) is 2. The van der Waals surface area contributed by atoms with Gasteiger partial charge in [-0.3, -0.25) is 9.59 Å². The smallest absolute Gasteiger partial charge is 0.249 e. The summed E-state index contributed by atoms with van der Waals surface area (Å²) in [6.45, 7) is 0. The quantitative estimate of drug-likeness (QED) is 0.410. The van der Waals surface area contributed by atoms with Gasteiger partial charge in [0.1, 0.15) is 17.9 Å². The zero-order chi connectivity index (χ0) is 18.9. The molecule has 0 radical (unpaired) electrons. The zero-order valence-corrected chi connectivity index (χ0v) is 15.9. The van der Waals surface area contributed by atoms with E-state index in [4.69, 9.17) is 9.47 Å². The number of halogens is 1. The molecule has 0 saturated carbocycles. The third kappa shape index (κ3) is 5.59. The van der Waals surface area contributed by atoms with E-state index in [2.05, 4.69) is 31.8 Å². The first kappa shape index (κ1) is 19.5. The molecule has 136 valence electrons. The molecule has 2 aromatic rings. The Bertz CT molecular complexity index is 824. The zero-order valence-electron chi connectivity index (χ0n) is 14.3. The summed E-state index contributed by atoms with van der Waals surface area (Å²) in [4.78, 5) is 23.8. The van der Waals surface area contributed by atoms with Crippen molar-refractivity contribution in [2.24, 2.45) is 5.10 Å². The number of hydrazone groups is 1. The molecule has 0 fully saturated rings. The van der Waals surface area contributed by atoms with Crippen LogP contribution in [-0.4, -0.2) is 32.2 Å². The monoisotopic (exact) mass is 419 g/mol. The first-order valence-corrected chi connectivity index (χ1v) is 8.41. The number of methoxy groups -OCH3 is 2. The molecule has 0 saturated heterocycles. The van der Waals surface area contributed by atoms with Gasteiger partial charge in [0.25, 0.3) is 0 Å². The molecule has 8 heteroatoms. The Balaban J connectivity index is 1.90. The summed E-state index contributed by atoms with van der Waals surface area (Å²) >= 11 is 3.35. The van der Waals surface area contributed by atoms with Crippen molar-refractivity contribution in [3.63, 3.8) is 0 Å². The summed E-state index contributed by atoms with van der Waals surface area (Å²) in [5.41, 5.74) is 3.49. The number of para-hydroxylation sites is 2. The Morgan fingerprint density at radius 1 is 1.08 bits per heavy atom. The SMILES string of the molecule is COc1ccc(Br)cc1C=NNC(=O)CC(=O)Nc1ccccc1OC. The van der Waals surface area contributed by atoms with Gasteiger partial charge in [0.05, 0.1) is 26.1 Å². The predicted molar refractivity (Wildman–Crippen MR) is 103 cm³/mol. The standard InChI is InChI=1S/C18H18BrN3O4/c1-25-15-8-7-13(19)9-12(15)11-20-22-18(24)10-17(23)21-14-5-3-4-6-16(14)26-2/h3-9,11H,10H2,1-2H3,(H,21,23)(H,22,24). The van der Waals surface area contributed by atoms with Gasteiger partial charge in [-0.25, -0.2) is 5.43 Å². The van der Waals surface area contributed by atoms with Crippen molar-refractivity contribution in [1.82, 2.24) is 5.43 Å². The van der Waals surface area contributed by atoms with Gasteiger partial charge < -0.3 is 14.8 Å². The van der Waals surface area contributed by atoms with E-state index in [0.29, 0.717) is 22.7 Å². The van der Waals surface area contributed by atoms with Crippen LogP contribution in [0, 0.1) is 0 Å². The third-order valence-electron chi connectivity index (χ3n) is 3.29. The molecule has 0 aliphatic heterocycles. The number of carbonyl (C=O) groups is 2. The number of carbonyl (C=O) groups excluding carboxylic acids is 2. The molecule has 7 nitrogen and oxygen atoms in total. The lowest BCUT2D eigenvalue weighted by Crippen LogP contribution is -2.24. The van der Waals surface area contributed by atoms with Gasteiger partial charge in [0, 0.05) is 10.0 Å². The van der Waals surface area contributed by atoms with Crippen LogP contribution < -0.4 is 20.2 Å². The summed E-state index contributed by atoms with van der Waals surface area (Å²) in [6.07, 6.45) is 1.07. The highest BCUT2D eigenvalue weighted by Crippen LogP contribution is 2.23. The number of hydrogen-bond acceptors (Lipinski definition) is 5. The van der Waals surface area contributed by atoms with E-state index in [0.717, 1.165) is 4.47 Å². The fraction of sp³-hybridized carbons (Fsp3) is 0.167. The average Bonchev–Trinajstić information content (AvgIpc) is 2.62. The Labute approximate surface area is 159 Å². The van der Waals surface area contributed by atoms with Crippen LogP contribution in [0.3, 0.4) is 0 Å². The highest BCUT2D eigenvalue weighted by atomic mass is 79.9. The van der Waals surface area contributed by atoms with Gasteiger partial charge >= 0.3 is 0 Å². The molecular formula is C18H18BrN3O4. The summed E-state index contributed by atoms with van der Waals surface area (Å²) in [7, 11) is 3.05. The summed E-state index contributed by atoms with van der Waals surface area (Å²) in [6, 6.07) is 12.3. The van der Waals surface area contributed by atoms with E-state index >= 15 is 0 Å². The number of ether oxygens (including phenoxy) is 2. The number of benzene rings is 2. The second-order valence-corrected chi connectivity index (χ2v) is 6.02. The van der Waals surface area contributed by atoms with Gasteiger partial charge in [-0.15, -0.1) is 0 Å². The molecule has 2 N–H and O–H groups in total. The Morgan fingerprint density at radius 2 is 1.81 bits per heavy atom. The molecule has 2 aromatic carbocycles. The van der Waals surface area contributed by atoms with Crippen molar-refractivity contribution in [1.29, 1.82) is 0 Å².